The fraction of sp³-hybridized carbons (Fsp3) is 0.167. The van der Waals surface area contributed by atoms with E-state index in [1.54, 1.807) is 30.3 Å². The van der Waals surface area contributed by atoms with Gasteiger partial charge in [-0.25, -0.2) is 9.69 Å². The predicted octanol–water partition coefficient (Wildman–Crippen LogP) is 4.04. The lowest BCUT2D eigenvalue weighted by Gasteiger charge is -2.21. The van der Waals surface area contributed by atoms with E-state index in [1.807, 2.05) is 19.9 Å². The van der Waals surface area contributed by atoms with Crippen LogP contribution in [0.3, 0.4) is 0 Å². The first-order chi connectivity index (χ1) is 15.8. The second-order valence-corrected chi connectivity index (χ2v) is 8.17. The van der Waals surface area contributed by atoms with Crippen LogP contribution in [-0.2, 0) is 9.59 Å². The first kappa shape index (κ1) is 22.5. The first-order valence-electron chi connectivity index (χ1n) is 10.3. The number of carbonyl (C=O) groups excluding carboxylic acids is 3. The third-order valence-electron chi connectivity index (χ3n) is 5.33. The zero-order valence-electron chi connectivity index (χ0n) is 17.9. The number of imide groups is 1. The molecule has 0 radical (unpaired) electrons. The van der Waals surface area contributed by atoms with Gasteiger partial charge >= 0.3 is 5.63 Å². The van der Waals surface area contributed by atoms with Crippen molar-refractivity contribution in [3.05, 3.63) is 75.1 Å². The normalized spacial score (nSPS) is 13.4. The maximum Gasteiger partial charge on any atom is 0.349 e. The molecule has 0 saturated carbocycles. The van der Waals surface area contributed by atoms with Gasteiger partial charge in [0, 0.05) is 42.0 Å². The highest BCUT2D eigenvalue weighted by Gasteiger charge is 2.31. The molecule has 2 heterocycles. The Balaban J connectivity index is 1.60. The maximum atomic E-state index is 12.8. The van der Waals surface area contributed by atoms with E-state index < -0.39 is 23.3 Å². The standard InChI is InChI=1S/C24H20BrN3O5/c1-3-27(4-2)16-9-8-14-10-18(24(32)33-20(14)12-16)22(30)26-15-6-5-7-17(11-15)28-21(29)13-19(25)23(28)31/h5-13H,3-4H2,1-2H3,(H,26,30). The van der Waals surface area contributed by atoms with E-state index in [-0.39, 0.29) is 10.0 Å². The topological polar surface area (TPSA) is 99.9 Å². The third-order valence-corrected chi connectivity index (χ3v) is 5.90. The number of fused-ring (bicyclic) bond motifs is 1. The van der Waals surface area contributed by atoms with Crippen molar-refractivity contribution in [2.24, 2.45) is 0 Å². The molecule has 0 spiro atoms. The van der Waals surface area contributed by atoms with Gasteiger partial charge in [0.1, 0.15) is 11.1 Å². The van der Waals surface area contributed by atoms with Crippen molar-refractivity contribution in [1.82, 2.24) is 0 Å². The van der Waals surface area contributed by atoms with Crippen LogP contribution in [0.1, 0.15) is 24.2 Å². The summed E-state index contributed by atoms with van der Waals surface area (Å²) in [6.45, 7) is 5.70. The van der Waals surface area contributed by atoms with E-state index in [2.05, 4.69) is 26.1 Å². The van der Waals surface area contributed by atoms with Crippen LogP contribution in [0.25, 0.3) is 11.0 Å². The number of nitrogens with one attached hydrogen (secondary N) is 1. The Morgan fingerprint density at radius 3 is 2.48 bits per heavy atom. The zero-order valence-corrected chi connectivity index (χ0v) is 19.5. The molecule has 0 saturated heterocycles. The van der Waals surface area contributed by atoms with E-state index in [0.29, 0.717) is 22.3 Å². The number of halogens is 1. The highest BCUT2D eigenvalue weighted by atomic mass is 79.9. The van der Waals surface area contributed by atoms with Gasteiger partial charge in [0.15, 0.2) is 0 Å². The van der Waals surface area contributed by atoms with Gasteiger partial charge in [-0.15, -0.1) is 0 Å². The van der Waals surface area contributed by atoms with E-state index >= 15 is 0 Å². The van der Waals surface area contributed by atoms with Crippen LogP contribution in [0.5, 0.6) is 0 Å². The monoisotopic (exact) mass is 509 g/mol. The highest BCUT2D eigenvalue weighted by molar-refractivity contribution is 9.12. The molecule has 9 heteroatoms. The fourth-order valence-electron chi connectivity index (χ4n) is 3.65. The van der Waals surface area contributed by atoms with Crippen molar-refractivity contribution in [3.63, 3.8) is 0 Å². The average Bonchev–Trinajstić information content (AvgIpc) is 3.05. The Kier molecular flexibility index (Phi) is 6.15. The van der Waals surface area contributed by atoms with Crippen molar-refractivity contribution in [1.29, 1.82) is 0 Å². The summed E-state index contributed by atoms with van der Waals surface area (Å²) in [6.07, 6.45) is 1.18. The molecule has 0 bridgehead atoms. The van der Waals surface area contributed by atoms with Crippen molar-refractivity contribution >= 4 is 61.7 Å². The molecule has 1 aliphatic rings. The minimum atomic E-state index is -0.758. The van der Waals surface area contributed by atoms with Crippen LogP contribution < -0.4 is 20.7 Å². The number of rotatable bonds is 6. The highest BCUT2D eigenvalue weighted by Crippen LogP contribution is 2.28. The fourth-order valence-corrected chi connectivity index (χ4v) is 4.02. The van der Waals surface area contributed by atoms with Gasteiger partial charge in [-0.05, 0) is 66.2 Å². The largest absolute Gasteiger partial charge is 0.422 e. The number of benzene rings is 2. The number of carbonyl (C=O) groups is 3. The molecule has 0 fully saturated rings. The lowest BCUT2D eigenvalue weighted by molar-refractivity contribution is -0.120. The molecule has 3 aromatic rings. The number of amides is 3. The van der Waals surface area contributed by atoms with Crippen molar-refractivity contribution in [2.45, 2.75) is 13.8 Å². The second-order valence-electron chi connectivity index (χ2n) is 7.32. The Hall–Kier alpha value is -3.72. The van der Waals surface area contributed by atoms with Crippen molar-refractivity contribution < 1.29 is 18.8 Å². The summed E-state index contributed by atoms with van der Waals surface area (Å²) in [6, 6.07) is 13.2. The summed E-state index contributed by atoms with van der Waals surface area (Å²) < 4.78 is 5.58. The molecule has 1 N–H and O–H groups in total. The number of nitrogens with zero attached hydrogens (tertiary/aromatic N) is 2. The van der Waals surface area contributed by atoms with Gasteiger partial charge in [-0.2, -0.15) is 0 Å². The molecule has 0 aliphatic carbocycles. The SMILES string of the molecule is CCN(CC)c1ccc2cc(C(=O)Nc3cccc(N4C(=O)C=C(Br)C4=O)c3)c(=O)oc2c1. The average molecular weight is 510 g/mol. The Bertz CT molecular complexity index is 1370. The quantitative estimate of drug-likeness (QED) is 0.397. The molecule has 4 rings (SSSR count). The van der Waals surface area contributed by atoms with Crippen LogP contribution in [0.4, 0.5) is 17.1 Å². The molecule has 3 amide bonds. The third kappa shape index (κ3) is 4.31. The van der Waals surface area contributed by atoms with Gasteiger partial charge < -0.3 is 14.6 Å². The lowest BCUT2D eigenvalue weighted by Crippen LogP contribution is -2.30. The Morgan fingerprint density at radius 1 is 1.06 bits per heavy atom. The summed E-state index contributed by atoms with van der Waals surface area (Å²) in [4.78, 5) is 52.7. The molecule has 33 heavy (non-hydrogen) atoms. The van der Waals surface area contributed by atoms with Gasteiger partial charge in [0.05, 0.1) is 10.2 Å². The van der Waals surface area contributed by atoms with Crippen LogP contribution in [0.2, 0.25) is 0 Å². The van der Waals surface area contributed by atoms with E-state index in [4.69, 9.17) is 4.42 Å². The predicted molar refractivity (Wildman–Crippen MR) is 130 cm³/mol. The summed E-state index contributed by atoms with van der Waals surface area (Å²) in [5.74, 6) is -1.65. The molecular formula is C24H20BrN3O5. The number of hydrogen-bond donors (Lipinski definition) is 1. The van der Waals surface area contributed by atoms with Crippen molar-refractivity contribution in [3.8, 4) is 0 Å². The Labute approximate surface area is 197 Å². The second kappa shape index (κ2) is 9.03. The summed E-state index contributed by atoms with van der Waals surface area (Å²) >= 11 is 3.05. The molecule has 8 nitrogen and oxygen atoms in total. The minimum Gasteiger partial charge on any atom is -0.422 e. The van der Waals surface area contributed by atoms with E-state index in [1.165, 1.54) is 18.2 Å². The van der Waals surface area contributed by atoms with Crippen molar-refractivity contribution in [2.75, 3.05) is 28.2 Å². The van der Waals surface area contributed by atoms with E-state index in [9.17, 15) is 19.2 Å². The van der Waals surface area contributed by atoms with Crippen LogP contribution in [0, 0.1) is 0 Å². The molecule has 2 aromatic carbocycles. The summed E-state index contributed by atoms with van der Waals surface area (Å²) in [5, 5.41) is 3.25. The molecule has 0 unspecified atom stereocenters. The van der Waals surface area contributed by atoms with Gasteiger partial charge in [-0.3, -0.25) is 14.4 Å². The minimum absolute atomic E-state index is 0.152. The molecule has 0 atom stereocenters. The van der Waals surface area contributed by atoms with Crippen LogP contribution in [-0.4, -0.2) is 30.8 Å². The number of hydrogen-bond acceptors (Lipinski definition) is 6. The molecule has 1 aromatic heterocycles. The summed E-state index contributed by atoms with van der Waals surface area (Å²) in [5.41, 5.74) is 1.02. The molecule has 1 aliphatic heterocycles. The Morgan fingerprint density at radius 2 is 1.82 bits per heavy atom. The first-order valence-corrected chi connectivity index (χ1v) is 11.1. The number of anilines is 3. The smallest absolute Gasteiger partial charge is 0.349 e. The molecule has 168 valence electrons. The van der Waals surface area contributed by atoms with E-state index in [0.717, 1.165) is 23.7 Å². The summed E-state index contributed by atoms with van der Waals surface area (Å²) in [7, 11) is 0. The van der Waals surface area contributed by atoms with Gasteiger partial charge in [0.25, 0.3) is 17.7 Å². The van der Waals surface area contributed by atoms with Crippen LogP contribution >= 0.6 is 15.9 Å². The lowest BCUT2D eigenvalue weighted by atomic mass is 10.1. The maximum absolute atomic E-state index is 12.8. The van der Waals surface area contributed by atoms with Crippen LogP contribution in [0.15, 0.2) is 68.3 Å². The van der Waals surface area contributed by atoms with Gasteiger partial charge in [0.2, 0.25) is 0 Å². The zero-order chi connectivity index (χ0) is 23.7. The molecular weight excluding hydrogens is 490 g/mol. The van der Waals surface area contributed by atoms with Gasteiger partial charge in [-0.1, -0.05) is 6.07 Å².